The van der Waals surface area contributed by atoms with Gasteiger partial charge in [-0.05, 0) is 31.0 Å². The smallest absolute Gasteiger partial charge is 0.406 e. The van der Waals surface area contributed by atoms with Crippen molar-refractivity contribution < 1.29 is 22.6 Å². The van der Waals surface area contributed by atoms with Gasteiger partial charge in [0.15, 0.2) is 5.96 Å². The lowest BCUT2D eigenvalue weighted by molar-refractivity contribution is -0.274. The minimum Gasteiger partial charge on any atom is -0.406 e. The number of alkyl halides is 3. The van der Waals surface area contributed by atoms with Crippen molar-refractivity contribution in [1.29, 1.82) is 0 Å². The number of rotatable bonds is 8. The summed E-state index contributed by atoms with van der Waals surface area (Å²) in [4.78, 5) is 6.88. The van der Waals surface area contributed by atoms with Crippen LogP contribution in [-0.2, 0) is 11.2 Å². The number of ether oxygens (including phenoxy) is 2. The van der Waals surface area contributed by atoms with Crippen molar-refractivity contribution in [3.8, 4) is 5.75 Å². The van der Waals surface area contributed by atoms with Crippen LogP contribution in [0.1, 0.15) is 12.5 Å². The Bertz CT molecular complexity index is 573. The number of guanidine groups is 1. The van der Waals surface area contributed by atoms with Crippen LogP contribution in [0, 0.1) is 0 Å². The largest absolute Gasteiger partial charge is 0.573 e. The molecule has 2 rings (SSSR count). The highest BCUT2D eigenvalue weighted by Crippen LogP contribution is 2.22. The third kappa shape index (κ3) is 8.96. The Kier molecular flexibility index (Phi) is 8.66. The molecule has 1 saturated heterocycles. The van der Waals surface area contributed by atoms with Crippen molar-refractivity contribution in [2.45, 2.75) is 19.7 Å². The quantitative estimate of drug-likeness (QED) is 0.527. The van der Waals surface area contributed by atoms with Crippen molar-refractivity contribution >= 4 is 5.96 Å². The summed E-state index contributed by atoms with van der Waals surface area (Å²) in [5.41, 5.74) is 0.918. The molecular weight excluding hydrogens is 361 g/mol. The summed E-state index contributed by atoms with van der Waals surface area (Å²) in [6.45, 7) is 8.39. The first-order chi connectivity index (χ1) is 13.0. The fourth-order valence-electron chi connectivity index (χ4n) is 2.65. The van der Waals surface area contributed by atoms with Crippen molar-refractivity contribution in [2.24, 2.45) is 4.99 Å². The molecule has 0 bridgehead atoms. The predicted molar refractivity (Wildman–Crippen MR) is 98.1 cm³/mol. The molecule has 0 radical (unpaired) electrons. The Hall–Kier alpha value is -2.00. The lowest BCUT2D eigenvalue weighted by Gasteiger charge is -2.25. The maximum Gasteiger partial charge on any atom is 0.573 e. The van der Waals surface area contributed by atoms with Crippen LogP contribution in [0.4, 0.5) is 13.2 Å². The van der Waals surface area contributed by atoms with E-state index in [2.05, 4.69) is 25.3 Å². The summed E-state index contributed by atoms with van der Waals surface area (Å²) in [5.74, 6) is 0.528. The lowest BCUT2D eigenvalue weighted by atomic mass is 10.1. The zero-order valence-corrected chi connectivity index (χ0v) is 15.5. The molecule has 0 aromatic heterocycles. The van der Waals surface area contributed by atoms with Crippen molar-refractivity contribution in [1.82, 2.24) is 15.5 Å². The fourth-order valence-corrected chi connectivity index (χ4v) is 2.65. The van der Waals surface area contributed by atoms with Gasteiger partial charge in [-0.3, -0.25) is 9.89 Å². The molecule has 27 heavy (non-hydrogen) atoms. The van der Waals surface area contributed by atoms with Gasteiger partial charge in [-0.1, -0.05) is 12.1 Å². The molecule has 1 aliphatic rings. The molecule has 0 unspecified atom stereocenters. The van der Waals surface area contributed by atoms with Crippen LogP contribution < -0.4 is 15.4 Å². The number of nitrogens with one attached hydrogen (secondary N) is 2. The van der Waals surface area contributed by atoms with Crippen LogP contribution >= 0.6 is 0 Å². The zero-order chi connectivity index (χ0) is 19.5. The Morgan fingerprint density at radius 1 is 1.19 bits per heavy atom. The second kappa shape index (κ2) is 11.0. The monoisotopic (exact) mass is 388 g/mol. The Morgan fingerprint density at radius 2 is 1.89 bits per heavy atom. The van der Waals surface area contributed by atoms with Gasteiger partial charge in [0, 0.05) is 32.7 Å². The summed E-state index contributed by atoms with van der Waals surface area (Å²) in [7, 11) is 0. The summed E-state index contributed by atoms with van der Waals surface area (Å²) in [5, 5.41) is 6.44. The van der Waals surface area contributed by atoms with Crippen LogP contribution in [0.2, 0.25) is 0 Å². The highest BCUT2D eigenvalue weighted by Gasteiger charge is 2.30. The first-order valence-electron chi connectivity index (χ1n) is 9.13. The molecule has 6 nitrogen and oxygen atoms in total. The second-order valence-electron chi connectivity index (χ2n) is 6.08. The molecule has 152 valence electrons. The van der Waals surface area contributed by atoms with Gasteiger partial charge < -0.3 is 20.1 Å². The highest BCUT2D eigenvalue weighted by atomic mass is 19.4. The summed E-state index contributed by atoms with van der Waals surface area (Å²) >= 11 is 0. The van der Waals surface area contributed by atoms with E-state index in [0.29, 0.717) is 19.5 Å². The molecule has 1 aromatic carbocycles. The van der Waals surface area contributed by atoms with Crippen LogP contribution in [0.15, 0.2) is 29.3 Å². The Balaban J connectivity index is 1.73. The average Bonchev–Trinajstić information content (AvgIpc) is 2.63. The number of nitrogens with zero attached hydrogens (tertiary/aromatic N) is 2. The molecule has 1 aromatic rings. The summed E-state index contributed by atoms with van der Waals surface area (Å²) < 4.78 is 45.7. The minimum absolute atomic E-state index is 0.211. The first kappa shape index (κ1) is 21.3. The molecule has 1 fully saturated rings. The van der Waals surface area contributed by atoms with E-state index in [9.17, 15) is 13.2 Å². The van der Waals surface area contributed by atoms with E-state index in [1.54, 1.807) is 12.1 Å². The Morgan fingerprint density at radius 3 is 2.52 bits per heavy atom. The molecule has 2 N–H and O–H groups in total. The molecule has 0 saturated carbocycles. The van der Waals surface area contributed by atoms with Crippen LogP contribution in [0.5, 0.6) is 5.75 Å². The number of hydrogen-bond acceptors (Lipinski definition) is 4. The number of hydrogen-bond donors (Lipinski definition) is 2. The van der Waals surface area contributed by atoms with Gasteiger partial charge in [-0.2, -0.15) is 0 Å². The van der Waals surface area contributed by atoms with Gasteiger partial charge in [-0.15, -0.1) is 13.2 Å². The van der Waals surface area contributed by atoms with E-state index in [-0.39, 0.29) is 5.75 Å². The fraction of sp³-hybridized carbons (Fsp3) is 0.611. The molecular formula is C18H27F3N4O2. The molecule has 1 aliphatic heterocycles. The van der Waals surface area contributed by atoms with E-state index < -0.39 is 6.36 Å². The molecule has 0 amide bonds. The van der Waals surface area contributed by atoms with Gasteiger partial charge in [0.25, 0.3) is 0 Å². The van der Waals surface area contributed by atoms with Crippen molar-refractivity contribution in [2.75, 3.05) is 52.5 Å². The van der Waals surface area contributed by atoms with Crippen molar-refractivity contribution in [3.05, 3.63) is 29.8 Å². The highest BCUT2D eigenvalue weighted by molar-refractivity contribution is 5.79. The normalized spacial score (nSPS) is 16.2. The summed E-state index contributed by atoms with van der Waals surface area (Å²) in [6.07, 6.45) is -4.00. The maximum absolute atomic E-state index is 12.2. The summed E-state index contributed by atoms with van der Waals surface area (Å²) in [6, 6.07) is 5.91. The average molecular weight is 388 g/mol. The van der Waals surface area contributed by atoms with Crippen LogP contribution in [0.25, 0.3) is 0 Å². The molecule has 0 aliphatic carbocycles. The Labute approximate surface area is 157 Å². The molecule has 0 atom stereocenters. The third-order valence-electron chi connectivity index (χ3n) is 4.00. The standard InChI is InChI=1S/C18H27F3N4O2/c1-2-22-17(24-9-10-25-11-13-26-14-12-25)23-8-7-15-3-5-16(6-4-15)27-18(19,20)21/h3-6H,2,7-14H2,1H3,(H2,22,23,24). The SMILES string of the molecule is CCNC(=NCCN1CCOCC1)NCCc1ccc(OC(F)(F)F)cc1. The molecule has 1 heterocycles. The molecule has 9 heteroatoms. The first-order valence-corrected chi connectivity index (χ1v) is 9.13. The van der Waals surface area contributed by atoms with E-state index in [1.807, 2.05) is 6.92 Å². The van der Waals surface area contributed by atoms with Gasteiger partial charge in [0.1, 0.15) is 5.75 Å². The molecule has 0 spiro atoms. The minimum atomic E-state index is -4.67. The van der Waals surface area contributed by atoms with Crippen LogP contribution in [0.3, 0.4) is 0 Å². The van der Waals surface area contributed by atoms with Gasteiger partial charge >= 0.3 is 6.36 Å². The van der Waals surface area contributed by atoms with Crippen molar-refractivity contribution in [3.63, 3.8) is 0 Å². The van der Waals surface area contributed by atoms with Crippen LogP contribution in [-0.4, -0.2) is 69.7 Å². The predicted octanol–water partition coefficient (Wildman–Crippen LogP) is 2.01. The zero-order valence-electron chi connectivity index (χ0n) is 15.5. The second-order valence-corrected chi connectivity index (χ2v) is 6.08. The van der Waals surface area contributed by atoms with Gasteiger partial charge in [0.05, 0.1) is 19.8 Å². The van der Waals surface area contributed by atoms with E-state index >= 15 is 0 Å². The number of morpholine rings is 1. The lowest BCUT2D eigenvalue weighted by Crippen LogP contribution is -2.40. The van der Waals surface area contributed by atoms with E-state index in [1.165, 1.54) is 12.1 Å². The van der Waals surface area contributed by atoms with E-state index in [4.69, 9.17) is 4.74 Å². The number of aliphatic imine (C=N–C) groups is 1. The van der Waals surface area contributed by atoms with E-state index in [0.717, 1.165) is 50.9 Å². The maximum atomic E-state index is 12.2. The topological polar surface area (TPSA) is 58.1 Å². The van der Waals surface area contributed by atoms with Gasteiger partial charge in [-0.25, -0.2) is 0 Å². The third-order valence-corrected chi connectivity index (χ3v) is 4.00. The number of benzene rings is 1. The number of halogens is 3. The van der Waals surface area contributed by atoms with Gasteiger partial charge in [0.2, 0.25) is 0 Å².